The molecule has 18 heavy (non-hydrogen) atoms. The van der Waals surface area contributed by atoms with Crippen LogP contribution < -0.4 is 0 Å². The molecule has 0 amide bonds. The fraction of sp³-hybridized carbons (Fsp3) is 0.467. The van der Waals surface area contributed by atoms with Crippen LogP contribution in [0.2, 0.25) is 0 Å². The molecule has 96 valence electrons. The van der Waals surface area contributed by atoms with E-state index in [9.17, 15) is 5.11 Å². The van der Waals surface area contributed by atoms with Gasteiger partial charge in [0.25, 0.3) is 0 Å². The maximum absolute atomic E-state index is 10.1. The van der Waals surface area contributed by atoms with Crippen LogP contribution >= 0.6 is 0 Å². The summed E-state index contributed by atoms with van der Waals surface area (Å²) >= 11 is 0. The van der Waals surface area contributed by atoms with E-state index in [4.69, 9.17) is 0 Å². The molecule has 3 nitrogen and oxygen atoms in total. The Morgan fingerprint density at radius 1 is 1.06 bits per heavy atom. The molecule has 1 atom stereocenters. The Morgan fingerprint density at radius 3 is 2.50 bits per heavy atom. The third-order valence-corrected chi connectivity index (χ3v) is 3.14. The Balaban J connectivity index is 2.06. The van der Waals surface area contributed by atoms with E-state index in [-0.39, 0.29) is 0 Å². The third kappa shape index (κ3) is 3.26. The maximum atomic E-state index is 10.1. The SMILES string of the molecule is CC(C)CCCC(O)c1ccc2nccnc2c1. The summed E-state index contributed by atoms with van der Waals surface area (Å²) < 4.78 is 0. The van der Waals surface area contributed by atoms with Crippen molar-refractivity contribution in [3.05, 3.63) is 36.2 Å². The number of nitrogens with zero attached hydrogens (tertiary/aromatic N) is 2. The second kappa shape index (κ2) is 5.91. The minimum absolute atomic E-state index is 0.393. The molecular formula is C15H20N2O. The van der Waals surface area contributed by atoms with E-state index in [0.29, 0.717) is 5.92 Å². The number of rotatable bonds is 5. The summed E-state index contributed by atoms with van der Waals surface area (Å²) in [5.41, 5.74) is 2.65. The van der Waals surface area contributed by atoms with Crippen molar-refractivity contribution in [2.24, 2.45) is 5.92 Å². The first-order valence-electron chi connectivity index (χ1n) is 6.55. The summed E-state index contributed by atoms with van der Waals surface area (Å²) in [5.74, 6) is 0.694. The lowest BCUT2D eigenvalue weighted by Gasteiger charge is -2.12. The van der Waals surface area contributed by atoms with Crippen LogP contribution in [0.25, 0.3) is 11.0 Å². The summed E-state index contributed by atoms with van der Waals surface area (Å²) in [5, 5.41) is 10.1. The van der Waals surface area contributed by atoms with Gasteiger partial charge in [-0.05, 0) is 30.0 Å². The van der Waals surface area contributed by atoms with Gasteiger partial charge in [0.2, 0.25) is 0 Å². The van der Waals surface area contributed by atoms with E-state index in [2.05, 4.69) is 23.8 Å². The molecule has 0 aliphatic carbocycles. The van der Waals surface area contributed by atoms with Gasteiger partial charge in [-0.15, -0.1) is 0 Å². The highest BCUT2D eigenvalue weighted by molar-refractivity contribution is 5.74. The molecule has 1 unspecified atom stereocenters. The molecular weight excluding hydrogens is 224 g/mol. The number of aliphatic hydroxyl groups excluding tert-OH is 1. The van der Waals surface area contributed by atoms with Gasteiger partial charge in [0.15, 0.2) is 0 Å². The summed E-state index contributed by atoms with van der Waals surface area (Å²) in [6.45, 7) is 4.41. The minimum atomic E-state index is -0.393. The number of fused-ring (bicyclic) bond motifs is 1. The van der Waals surface area contributed by atoms with Crippen molar-refractivity contribution in [2.75, 3.05) is 0 Å². The van der Waals surface area contributed by atoms with E-state index >= 15 is 0 Å². The van der Waals surface area contributed by atoms with Gasteiger partial charge in [-0.2, -0.15) is 0 Å². The lowest BCUT2D eigenvalue weighted by molar-refractivity contribution is 0.162. The Bertz CT molecular complexity index is 511. The number of aliphatic hydroxyl groups is 1. The second-order valence-corrected chi connectivity index (χ2v) is 5.15. The molecule has 0 radical (unpaired) electrons. The van der Waals surface area contributed by atoms with Gasteiger partial charge in [-0.25, -0.2) is 0 Å². The van der Waals surface area contributed by atoms with Crippen LogP contribution in [0.3, 0.4) is 0 Å². The lowest BCUT2D eigenvalue weighted by Crippen LogP contribution is -1.99. The Kier molecular flexibility index (Phi) is 4.26. The van der Waals surface area contributed by atoms with Gasteiger partial charge in [0.05, 0.1) is 17.1 Å². The summed E-state index contributed by atoms with van der Waals surface area (Å²) in [6, 6.07) is 5.79. The first kappa shape index (κ1) is 13.0. The van der Waals surface area contributed by atoms with E-state index in [0.717, 1.165) is 35.9 Å². The molecule has 3 heteroatoms. The van der Waals surface area contributed by atoms with Gasteiger partial charge in [0.1, 0.15) is 0 Å². The fourth-order valence-electron chi connectivity index (χ4n) is 2.07. The van der Waals surface area contributed by atoms with Crippen molar-refractivity contribution in [1.82, 2.24) is 9.97 Å². The molecule has 0 saturated heterocycles. The average molecular weight is 244 g/mol. The molecule has 1 heterocycles. The summed E-state index contributed by atoms with van der Waals surface area (Å²) in [6.07, 6.45) is 5.99. The first-order chi connectivity index (χ1) is 8.66. The smallest absolute Gasteiger partial charge is 0.0890 e. The zero-order chi connectivity index (χ0) is 13.0. The normalized spacial score (nSPS) is 13.1. The Labute approximate surface area is 108 Å². The number of aromatic nitrogens is 2. The molecule has 0 aliphatic rings. The van der Waals surface area contributed by atoms with Crippen LogP contribution in [0, 0.1) is 5.92 Å². The van der Waals surface area contributed by atoms with E-state index < -0.39 is 6.10 Å². The van der Waals surface area contributed by atoms with E-state index in [1.165, 1.54) is 0 Å². The van der Waals surface area contributed by atoms with Crippen molar-refractivity contribution < 1.29 is 5.11 Å². The molecule has 2 rings (SSSR count). The number of hydrogen-bond acceptors (Lipinski definition) is 3. The zero-order valence-corrected chi connectivity index (χ0v) is 11.0. The van der Waals surface area contributed by atoms with Gasteiger partial charge in [0, 0.05) is 12.4 Å². The van der Waals surface area contributed by atoms with Crippen LogP contribution in [0.4, 0.5) is 0 Å². The molecule has 1 aromatic carbocycles. The van der Waals surface area contributed by atoms with Crippen LogP contribution in [0.5, 0.6) is 0 Å². The fourth-order valence-corrected chi connectivity index (χ4v) is 2.07. The largest absolute Gasteiger partial charge is 0.388 e. The summed E-state index contributed by atoms with van der Waals surface area (Å²) in [7, 11) is 0. The molecule has 0 spiro atoms. The zero-order valence-electron chi connectivity index (χ0n) is 11.0. The Morgan fingerprint density at radius 2 is 1.78 bits per heavy atom. The predicted molar refractivity (Wildman–Crippen MR) is 73.2 cm³/mol. The molecule has 2 aromatic rings. The van der Waals surface area contributed by atoms with Crippen molar-refractivity contribution >= 4 is 11.0 Å². The summed E-state index contributed by atoms with van der Waals surface area (Å²) in [4.78, 5) is 8.48. The lowest BCUT2D eigenvalue weighted by atomic mass is 10.00. The average Bonchev–Trinajstić information content (AvgIpc) is 2.37. The monoisotopic (exact) mass is 244 g/mol. The van der Waals surface area contributed by atoms with Gasteiger partial charge in [-0.1, -0.05) is 32.8 Å². The third-order valence-electron chi connectivity index (χ3n) is 3.14. The van der Waals surface area contributed by atoms with Crippen molar-refractivity contribution in [3.63, 3.8) is 0 Å². The highest BCUT2D eigenvalue weighted by atomic mass is 16.3. The van der Waals surface area contributed by atoms with Crippen LogP contribution in [-0.4, -0.2) is 15.1 Å². The minimum Gasteiger partial charge on any atom is -0.388 e. The highest BCUT2D eigenvalue weighted by Crippen LogP contribution is 2.22. The van der Waals surface area contributed by atoms with Gasteiger partial charge < -0.3 is 5.11 Å². The predicted octanol–water partition coefficient (Wildman–Crippen LogP) is 3.49. The van der Waals surface area contributed by atoms with Crippen molar-refractivity contribution in [3.8, 4) is 0 Å². The maximum Gasteiger partial charge on any atom is 0.0890 e. The molecule has 0 bridgehead atoms. The molecule has 1 aromatic heterocycles. The van der Waals surface area contributed by atoms with Crippen LogP contribution in [-0.2, 0) is 0 Å². The van der Waals surface area contributed by atoms with E-state index in [1.54, 1.807) is 12.4 Å². The molecule has 0 saturated carbocycles. The van der Waals surface area contributed by atoms with Crippen molar-refractivity contribution in [2.45, 2.75) is 39.2 Å². The van der Waals surface area contributed by atoms with E-state index in [1.807, 2.05) is 18.2 Å². The second-order valence-electron chi connectivity index (χ2n) is 5.15. The van der Waals surface area contributed by atoms with Gasteiger partial charge >= 0.3 is 0 Å². The quantitative estimate of drug-likeness (QED) is 0.875. The van der Waals surface area contributed by atoms with Crippen LogP contribution in [0.15, 0.2) is 30.6 Å². The molecule has 1 N–H and O–H groups in total. The molecule has 0 fully saturated rings. The van der Waals surface area contributed by atoms with Crippen LogP contribution in [0.1, 0.15) is 44.8 Å². The van der Waals surface area contributed by atoms with Gasteiger partial charge in [-0.3, -0.25) is 9.97 Å². The first-order valence-corrected chi connectivity index (χ1v) is 6.55. The molecule has 0 aliphatic heterocycles. The number of hydrogen-bond donors (Lipinski definition) is 1. The highest BCUT2D eigenvalue weighted by Gasteiger charge is 2.09. The number of benzene rings is 1. The standard InChI is InChI=1S/C15H20N2O/c1-11(2)4-3-5-15(18)12-6-7-13-14(10-12)17-9-8-16-13/h6-11,15,18H,3-5H2,1-2H3. The Hall–Kier alpha value is -1.48. The van der Waals surface area contributed by atoms with Crippen molar-refractivity contribution in [1.29, 1.82) is 0 Å². The topological polar surface area (TPSA) is 46.0 Å².